The highest BCUT2D eigenvalue weighted by Crippen LogP contribution is 2.27. The smallest absolute Gasteiger partial charge is 0.328 e. The lowest BCUT2D eigenvalue weighted by atomic mass is 10.0. The van der Waals surface area contributed by atoms with Crippen molar-refractivity contribution in [2.45, 2.75) is 0 Å². The highest BCUT2D eigenvalue weighted by Gasteiger charge is 2.19. The number of rotatable bonds is 5. The van der Waals surface area contributed by atoms with Crippen LogP contribution in [0.3, 0.4) is 0 Å². The van der Waals surface area contributed by atoms with E-state index >= 15 is 0 Å². The van der Waals surface area contributed by atoms with Crippen LogP contribution in [0.1, 0.15) is 11.1 Å². The number of hydrogen-bond donors (Lipinski definition) is 2. The Kier molecular flexibility index (Phi) is 6.78. The van der Waals surface area contributed by atoms with Gasteiger partial charge in [0.1, 0.15) is 23.3 Å². The number of aliphatic carboxylic acids is 1. The van der Waals surface area contributed by atoms with Crippen molar-refractivity contribution in [1.82, 2.24) is 4.90 Å². The second-order valence-electron chi connectivity index (χ2n) is 7.37. The lowest BCUT2D eigenvalue weighted by molar-refractivity contribution is -0.131. The Balaban J connectivity index is 1.76. The van der Waals surface area contributed by atoms with Crippen LogP contribution in [0, 0.1) is 11.6 Å². The number of hydrogen-bond acceptors (Lipinski definition) is 5. The van der Waals surface area contributed by atoms with E-state index in [1.807, 2.05) is 24.3 Å². The molecule has 2 aliphatic heterocycles. The Hall–Kier alpha value is -4.00. The van der Waals surface area contributed by atoms with Crippen molar-refractivity contribution in [1.29, 1.82) is 0 Å². The first-order valence-electron chi connectivity index (χ1n) is 10.3. The Morgan fingerprint density at radius 1 is 1.12 bits per heavy atom. The van der Waals surface area contributed by atoms with E-state index in [2.05, 4.69) is 15.9 Å². The molecule has 0 aromatic heterocycles. The Labute approximate surface area is 189 Å². The van der Waals surface area contributed by atoms with Gasteiger partial charge in [-0.2, -0.15) is 0 Å². The summed E-state index contributed by atoms with van der Waals surface area (Å²) in [6.45, 7) is 2.33. The first kappa shape index (κ1) is 22.2. The van der Waals surface area contributed by atoms with Crippen LogP contribution in [-0.2, 0) is 9.53 Å². The van der Waals surface area contributed by atoms with E-state index in [0.717, 1.165) is 28.8 Å². The zero-order chi connectivity index (χ0) is 23.2. The normalized spacial score (nSPS) is 16.2. The minimum absolute atomic E-state index is 0.231. The lowest BCUT2D eigenvalue weighted by Gasteiger charge is -2.30. The SMILES string of the molecule is O=C(O)/C=C/c1cccc(C2=C(N3CCOCC3)N=C(Nc3cc(F)cc(F)c3)C=C=C2)c1. The number of morpholine rings is 1. The van der Waals surface area contributed by atoms with Gasteiger partial charge >= 0.3 is 5.97 Å². The van der Waals surface area contributed by atoms with E-state index in [4.69, 9.17) is 14.8 Å². The molecule has 2 heterocycles. The number of carboxylic acid groups (broad SMARTS) is 1. The van der Waals surface area contributed by atoms with Gasteiger partial charge in [-0.15, -0.1) is 5.73 Å². The maximum atomic E-state index is 13.6. The maximum absolute atomic E-state index is 13.6. The molecule has 168 valence electrons. The topological polar surface area (TPSA) is 74.2 Å². The zero-order valence-electron chi connectivity index (χ0n) is 17.6. The number of nitrogens with one attached hydrogen (secondary N) is 1. The highest BCUT2D eigenvalue weighted by atomic mass is 19.1. The molecule has 2 aromatic rings. The summed E-state index contributed by atoms with van der Waals surface area (Å²) >= 11 is 0. The number of amidine groups is 1. The van der Waals surface area contributed by atoms with Crippen molar-refractivity contribution < 1.29 is 23.4 Å². The lowest BCUT2D eigenvalue weighted by Crippen LogP contribution is -2.36. The van der Waals surface area contributed by atoms with Crippen LogP contribution >= 0.6 is 0 Å². The number of ether oxygens (including phenoxy) is 1. The first-order valence-corrected chi connectivity index (χ1v) is 10.3. The molecular formula is C25H21F2N3O3. The summed E-state index contributed by atoms with van der Waals surface area (Å²) in [6.07, 6.45) is 5.99. The van der Waals surface area contributed by atoms with E-state index in [1.165, 1.54) is 18.2 Å². The summed E-state index contributed by atoms with van der Waals surface area (Å²) in [7, 11) is 0. The fourth-order valence-corrected chi connectivity index (χ4v) is 3.52. The highest BCUT2D eigenvalue weighted by molar-refractivity contribution is 6.05. The van der Waals surface area contributed by atoms with Crippen LogP contribution in [0.15, 0.2) is 77.2 Å². The number of benzene rings is 2. The third-order valence-corrected chi connectivity index (χ3v) is 4.98. The fraction of sp³-hybridized carbons (Fsp3) is 0.160. The molecule has 33 heavy (non-hydrogen) atoms. The monoisotopic (exact) mass is 449 g/mol. The average molecular weight is 449 g/mol. The molecule has 2 aliphatic rings. The molecule has 1 fully saturated rings. The molecule has 0 spiro atoms. The van der Waals surface area contributed by atoms with E-state index < -0.39 is 17.6 Å². The van der Waals surface area contributed by atoms with Crippen molar-refractivity contribution in [3.05, 3.63) is 95.0 Å². The van der Waals surface area contributed by atoms with Gasteiger partial charge < -0.3 is 20.1 Å². The van der Waals surface area contributed by atoms with Crippen molar-refractivity contribution in [3.63, 3.8) is 0 Å². The molecular weight excluding hydrogens is 428 g/mol. The van der Waals surface area contributed by atoms with Crippen LogP contribution < -0.4 is 5.32 Å². The van der Waals surface area contributed by atoms with Gasteiger partial charge in [0.05, 0.1) is 13.2 Å². The second kappa shape index (κ2) is 10.1. The molecule has 0 unspecified atom stereocenters. The summed E-state index contributed by atoms with van der Waals surface area (Å²) in [5, 5.41) is 11.9. The van der Waals surface area contributed by atoms with Gasteiger partial charge in [0.25, 0.3) is 0 Å². The van der Waals surface area contributed by atoms with E-state index in [0.29, 0.717) is 38.0 Å². The standard InChI is InChI=1S/C25H21F2N3O3/c26-19-14-20(27)16-21(15-19)28-23-6-2-5-22(25(29-23)30-9-11-33-12-10-30)18-4-1-3-17(13-18)7-8-24(31)32/h1,3-8,13-16H,9-12H2,(H,28,29)(H,31,32)/b8-7+. The fourth-order valence-electron chi connectivity index (χ4n) is 3.52. The molecule has 0 aliphatic carbocycles. The molecule has 1 saturated heterocycles. The van der Waals surface area contributed by atoms with Crippen LogP contribution in [-0.4, -0.2) is 48.1 Å². The molecule has 2 N–H and O–H groups in total. The Morgan fingerprint density at radius 2 is 1.88 bits per heavy atom. The molecule has 0 amide bonds. The van der Waals surface area contributed by atoms with Crippen molar-refractivity contribution in [2.24, 2.45) is 4.99 Å². The van der Waals surface area contributed by atoms with Gasteiger partial charge in [-0.3, -0.25) is 0 Å². The molecule has 4 rings (SSSR count). The van der Waals surface area contributed by atoms with Gasteiger partial charge in [-0.25, -0.2) is 18.6 Å². The molecule has 2 aromatic carbocycles. The third-order valence-electron chi connectivity index (χ3n) is 4.98. The van der Waals surface area contributed by atoms with Crippen LogP contribution in [0.2, 0.25) is 0 Å². The summed E-state index contributed by atoms with van der Waals surface area (Å²) in [6, 6.07) is 10.6. The van der Waals surface area contributed by atoms with Gasteiger partial charge in [-0.05, 0) is 41.5 Å². The summed E-state index contributed by atoms with van der Waals surface area (Å²) in [5.74, 6) is -1.39. The van der Waals surface area contributed by atoms with Crippen LogP contribution in [0.5, 0.6) is 0 Å². The number of carbonyl (C=O) groups is 1. The second-order valence-corrected chi connectivity index (χ2v) is 7.37. The van der Waals surface area contributed by atoms with Crippen molar-refractivity contribution in [3.8, 4) is 0 Å². The van der Waals surface area contributed by atoms with Crippen LogP contribution in [0.4, 0.5) is 14.5 Å². The van der Waals surface area contributed by atoms with Gasteiger partial charge in [0.2, 0.25) is 0 Å². The van der Waals surface area contributed by atoms with Crippen LogP contribution in [0.25, 0.3) is 11.6 Å². The van der Waals surface area contributed by atoms with Gasteiger partial charge in [-0.1, -0.05) is 18.2 Å². The predicted molar refractivity (Wildman–Crippen MR) is 122 cm³/mol. The number of allylic oxidation sites excluding steroid dienone is 1. The summed E-state index contributed by atoms with van der Waals surface area (Å²) < 4.78 is 32.8. The molecule has 6 nitrogen and oxygen atoms in total. The number of anilines is 1. The first-order chi connectivity index (χ1) is 16.0. The number of aliphatic imine (C=N–C) groups is 1. The van der Waals surface area contributed by atoms with Crippen molar-refractivity contribution >= 4 is 29.1 Å². The number of carboxylic acids is 1. The molecule has 0 saturated carbocycles. The number of nitrogens with zero attached hydrogens (tertiary/aromatic N) is 2. The predicted octanol–water partition coefficient (Wildman–Crippen LogP) is 4.30. The number of halogens is 2. The van der Waals surface area contributed by atoms with Gasteiger partial charge in [0, 0.05) is 42.6 Å². The molecule has 0 radical (unpaired) electrons. The maximum Gasteiger partial charge on any atom is 0.328 e. The van der Waals surface area contributed by atoms with E-state index in [-0.39, 0.29) is 5.69 Å². The quantitative estimate of drug-likeness (QED) is 0.526. The largest absolute Gasteiger partial charge is 0.478 e. The third kappa shape index (κ3) is 5.83. The molecule has 0 bridgehead atoms. The Bertz CT molecular complexity index is 1200. The van der Waals surface area contributed by atoms with E-state index in [9.17, 15) is 13.6 Å². The summed E-state index contributed by atoms with van der Waals surface area (Å²) in [5.41, 5.74) is 5.64. The van der Waals surface area contributed by atoms with Gasteiger partial charge in [0.15, 0.2) is 0 Å². The zero-order valence-corrected chi connectivity index (χ0v) is 17.6. The average Bonchev–Trinajstić information content (AvgIpc) is 3.00. The minimum Gasteiger partial charge on any atom is -0.478 e. The minimum atomic E-state index is -1.03. The molecule has 8 heteroatoms. The van der Waals surface area contributed by atoms with Crippen molar-refractivity contribution in [2.75, 3.05) is 31.6 Å². The Morgan fingerprint density at radius 3 is 2.61 bits per heavy atom. The molecule has 0 atom stereocenters. The van der Waals surface area contributed by atoms with E-state index in [1.54, 1.807) is 12.2 Å². The summed E-state index contributed by atoms with van der Waals surface area (Å²) in [4.78, 5) is 17.7.